The first-order valence-corrected chi connectivity index (χ1v) is 7.15. The highest BCUT2D eigenvalue weighted by Gasteiger charge is 2.11. The summed E-state index contributed by atoms with van der Waals surface area (Å²) < 4.78 is 5.22. The Balaban J connectivity index is 2.14. The first-order chi connectivity index (χ1) is 9.72. The standard InChI is InChI=1S/C18H23NO/c1-4-19-18(13-15-7-5-14(2)6-8-15)16-9-11-17(20-3)12-10-16/h5-12,18-19H,4,13H2,1-3H3. The van der Waals surface area contributed by atoms with Gasteiger partial charge in [0.2, 0.25) is 0 Å². The Morgan fingerprint density at radius 1 is 1.00 bits per heavy atom. The zero-order valence-corrected chi connectivity index (χ0v) is 12.5. The number of hydrogen-bond donors (Lipinski definition) is 1. The minimum absolute atomic E-state index is 0.341. The van der Waals surface area contributed by atoms with E-state index in [2.05, 4.69) is 55.6 Å². The van der Waals surface area contributed by atoms with Crippen LogP contribution in [0, 0.1) is 6.92 Å². The predicted molar refractivity (Wildman–Crippen MR) is 84.3 cm³/mol. The van der Waals surface area contributed by atoms with E-state index in [0.29, 0.717) is 6.04 Å². The molecule has 1 N–H and O–H groups in total. The van der Waals surface area contributed by atoms with Gasteiger partial charge in [0.1, 0.15) is 5.75 Å². The summed E-state index contributed by atoms with van der Waals surface area (Å²) in [4.78, 5) is 0. The van der Waals surface area contributed by atoms with Gasteiger partial charge in [-0.2, -0.15) is 0 Å². The second-order valence-corrected chi connectivity index (χ2v) is 5.07. The largest absolute Gasteiger partial charge is 0.497 e. The smallest absolute Gasteiger partial charge is 0.118 e. The van der Waals surface area contributed by atoms with Crippen molar-refractivity contribution in [1.29, 1.82) is 0 Å². The van der Waals surface area contributed by atoms with Crippen LogP contribution in [0.1, 0.15) is 29.7 Å². The Bertz CT molecular complexity index is 516. The van der Waals surface area contributed by atoms with Gasteiger partial charge in [-0.1, -0.05) is 48.9 Å². The minimum atomic E-state index is 0.341. The third kappa shape index (κ3) is 3.84. The molecule has 0 amide bonds. The summed E-state index contributed by atoms with van der Waals surface area (Å²) in [5.41, 5.74) is 3.96. The van der Waals surface area contributed by atoms with Crippen LogP contribution in [0.25, 0.3) is 0 Å². The van der Waals surface area contributed by atoms with Gasteiger partial charge in [-0.3, -0.25) is 0 Å². The molecule has 1 atom stereocenters. The molecule has 0 aliphatic carbocycles. The first kappa shape index (κ1) is 14.6. The van der Waals surface area contributed by atoms with Crippen molar-refractivity contribution < 1.29 is 4.74 Å². The highest BCUT2D eigenvalue weighted by molar-refractivity contribution is 5.31. The second-order valence-electron chi connectivity index (χ2n) is 5.07. The molecule has 0 heterocycles. The summed E-state index contributed by atoms with van der Waals surface area (Å²) in [6.45, 7) is 5.23. The van der Waals surface area contributed by atoms with E-state index in [9.17, 15) is 0 Å². The van der Waals surface area contributed by atoms with Crippen LogP contribution < -0.4 is 10.1 Å². The van der Waals surface area contributed by atoms with Gasteiger partial charge in [-0.15, -0.1) is 0 Å². The SMILES string of the molecule is CCNC(Cc1ccc(C)cc1)c1ccc(OC)cc1. The first-order valence-electron chi connectivity index (χ1n) is 7.15. The van der Waals surface area contributed by atoms with E-state index >= 15 is 0 Å². The Morgan fingerprint density at radius 2 is 1.65 bits per heavy atom. The number of aryl methyl sites for hydroxylation is 1. The molecule has 106 valence electrons. The number of likely N-dealkylation sites (N-methyl/N-ethyl adjacent to an activating group) is 1. The molecule has 1 unspecified atom stereocenters. The average Bonchev–Trinajstić information content (AvgIpc) is 2.49. The van der Waals surface area contributed by atoms with E-state index in [4.69, 9.17) is 4.74 Å². The number of hydrogen-bond acceptors (Lipinski definition) is 2. The fourth-order valence-electron chi connectivity index (χ4n) is 2.35. The maximum Gasteiger partial charge on any atom is 0.118 e. The van der Waals surface area contributed by atoms with E-state index in [1.54, 1.807) is 7.11 Å². The molecule has 0 aromatic heterocycles. The molecule has 2 rings (SSSR count). The van der Waals surface area contributed by atoms with Crippen LogP contribution in [0.15, 0.2) is 48.5 Å². The lowest BCUT2D eigenvalue weighted by Gasteiger charge is -2.19. The molecule has 2 aromatic carbocycles. The van der Waals surface area contributed by atoms with Gasteiger partial charge in [-0.25, -0.2) is 0 Å². The van der Waals surface area contributed by atoms with Crippen molar-refractivity contribution in [2.75, 3.05) is 13.7 Å². The number of benzene rings is 2. The van der Waals surface area contributed by atoms with Crippen molar-refractivity contribution in [2.45, 2.75) is 26.3 Å². The highest BCUT2D eigenvalue weighted by Crippen LogP contribution is 2.21. The number of methoxy groups -OCH3 is 1. The quantitative estimate of drug-likeness (QED) is 0.859. The molecule has 2 aromatic rings. The molecule has 0 aliphatic rings. The van der Waals surface area contributed by atoms with Crippen LogP contribution in [0.2, 0.25) is 0 Å². The van der Waals surface area contributed by atoms with E-state index in [-0.39, 0.29) is 0 Å². The van der Waals surface area contributed by atoms with Gasteiger partial charge in [0.25, 0.3) is 0 Å². The third-order valence-corrected chi connectivity index (χ3v) is 3.53. The van der Waals surface area contributed by atoms with E-state index in [1.807, 2.05) is 12.1 Å². The van der Waals surface area contributed by atoms with Crippen molar-refractivity contribution in [2.24, 2.45) is 0 Å². The van der Waals surface area contributed by atoms with E-state index in [0.717, 1.165) is 18.7 Å². The highest BCUT2D eigenvalue weighted by atomic mass is 16.5. The van der Waals surface area contributed by atoms with Gasteiger partial charge >= 0.3 is 0 Å². The van der Waals surface area contributed by atoms with Crippen molar-refractivity contribution in [3.05, 3.63) is 65.2 Å². The van der Waals surface area contributed by atoms with E-state index in [1.165, 1.54) is 16.7 Å². The lowest BCUT2D eigenvalue weighted by atomic mass is 9.98. The summed E-state index contributed by atoms with van der Waals surface area (Å²) in [5, 5.41) is 3.56. The Kier molecular flexibility index (Phi) is 5.19. The summed E-state index contributed by atoms with van der Waals surface area (Å²) in [7, 11) is 1.70. The topological polar surface area (TPSA) is 21.3 Å². The summed E-state index contributed by atoms with van der Waals surface area (Å²) in [6.07, 6.45) is 1.00. The van der Waals surface area contributed by atoms with Crippen molar-refractivity contribution in [3.63, 3.8) is 0 Å². The minimum Gasteiger partial charge on any atom is -0.497 e. The molecule has 0 saturated heterocycles. The van der Waals surface area contributed by atoms with Crippen LogP contribution in [-0.4, -0.2) is 13.7 Å². The molecule has 0 bridgehead atoms. The maximum atomic E-state index is 5.22. The average molecular weight is 269 g/mol. The van der Waals surface area contributed by atoms with Gasteiger partial charge in [0.05, 0.1) is 7.11 Å². The Hall–Kier alpha value is -1.80. The molecule has 0 saturated carbocycles. The zero-order valence-electron chi connectivity index (χ0n) is 12.5. The van der Waals surface area contributed by atoms with Crippen LogP contribution in [0.4, 0.5) is 0 Å². The summed E-state index contributed by atoms with van der Waals surface area (Å²) in [5.74, 6) is 0.902. The molecular formula is C18H23NO. The molecule has 0 fully saturated rings. The molecule has 0 spiro atoms. The van der Waals surface area contributed by atoms with Gasteiger partial charge in [0, 0.05) is 6.04 Å². The Labute approximate surface area is 121 Å². The van der Waals surface area contributed by atoms with Crippen LogP contribution in [0.3, 0.4) is 0 Å². The molecule has 2 nitrogen and oxygen atoms in total. The monoisotopic (exact) mass is 269 g/mol. The number of nitrogens with one attached hydrogen (secondary N) is 1. The van der Waals surface area contributed by atoms with Gasteiger partial charge in [-0.05, 0) is 43.1 Å². The second kappa shape index (κ2) is 7.11. The normalized spacial score (nSPS) is 12.2. The van der Waals surface area contributed by atoms with Crippen LogP contribution in [-0.2, 0) is 6.42 Å². The molecule has 2 heteroatoms. The van der Waals surface area contributed by atoms with Gasteiger partial charge < -0.3 is 10.1 Å². The number of rotatable bonds is 6. The summed E-state index contributed by atoms with van der Waals surface area (Å²) >= 11 is 0. The molecule has 20 heavy (non-hydrogen) atoms. The molecular weight excluding hydrogens is 246 g/mol. The zero-order chi connectivity index (χ0) is 14.4. The fourth-order valence-corrected chi connectivity index (χ4v) is 2.35. The van der Waals surface area contributed by atoms with Crippen molar-refractivity contribution >= 4 is 0 Å². The fraction of sp³-hybridized carbons (Fsp3) is 0.333. The van der Waals surface area contributed by atoms with Crippen LogP contribution >= 0.6 is 0 Å². The lowest BCUT2D eigenvalue weighted by molar-refractivity contribution is 0.414. The van der Waals surface area contributed by atoms with E-state index < -0.39 is 0 Å². The van der Waals surface area contributed by atoms with Crippen LogP contribution in [0.5, 0.6) is 5.75 Å². The predicted octanol–water partition coefficient (Wildman–Crippen LogP) is 3.90. The molecule has 0 aliphatic heterocycles. The third-order valence-electron chi connectivity index (χ3n) is 3.53. The summed E-state index contributed by atoms with van der Waals surface area (Å²) in [6, 6.07) is 17.4. The molecule has 0 radical (unpaired) electrons. The lowest BCUT2D eigenvalue weighted by Crippen LogP contribution is -2.22. The van der Waals surface area contributed by atoms with Crippen molar-refractivity contribution in [3.8, 4) is 5.75 Å². The Morgan fingerprint density at radius 3 is 2.20 bits per heavy atom. The maximum absolute atomic E-state index is 5.22. The van der Waals surface area contributed by atoms with Crippen molar-refractivity contribution in [1.82, 2.24) is 5.32 Å². The number of ether oxygens (including phenoxy) is 1. The van der Waals surface area contributed by atoms with Gasteiger partial charge in [0.15, 0.2) is 0 Å².